The third-order valence-corrected chi connectivity index (χ3v) is 8.59. The van der Waals surface area contributed by atoms with Crippen LogP contribution in [0.5, 0.6) is 11.5 Å². The first-order valence-corrected chi connectivity index (χ1v) is 15.0. The maximum Gasteiger partial charge on any atom is 0.264 e. The van der Waals surface area contributed by atoms with E-state index in [0.717, 1.165) is 21.9 Å². The Kier molecular flexibility index (Phi) is 11.2. The Hall–Kier alpha value is -4.05. The van der Waals surface area contributed by atoms with Gasteiger partial charge in [0.2, 0.25) is 11.8 Å². The van der Waals surface area contributed by atoms with Crippen molar-refractivity contribution in [3.05, 3.63) is 83.9 Å². The molecule has 0 saturated heterocycles. The minimum atomic E-state index is -4.24. The van der Waals surface area contributed by atoms with Gasteiger partial charge in [-0.2, -0.15) is 0 Å². The molecule has 0 saturated carbocycles. The van der Waals surface area contributed by atoms with Crippen LogP contribution in [-0.4, -0.2) is 58.5 Å². The molecule has 3 rings (SSSR count). The number of methoxy groups -OCH3 is 2. The van der Waals surface area contributed by atoms with Crippen LogP contribution >= 0.6 is 0 Å². The largest absolute Gasteiger partial charge is 0.497 e. The van der Waals surface area contributed by atoms with Crippen molar-refractivity contribution in [2.75, 3.05) is 31.6 Å². The summed E-state index contributed by atoms with van der Waals surface area (Å²) in [6.45, 7) is 5.80. The number of carbonyl (C=O) groups is 2. The number of hydrogen-bond acceptors (Lipinski definition) is 6. The number of anilines is 1. The second-order valence-corrected chi connectivity index (χ2v) is 11.4. The monoisotopic (exact) mass is 581 g/mol. The third-order valence-electron chi connectivity index (χ3n) is 6.82. The molecule has 3 aromatic carbocycles. The standard InChI is InChI=1S/C31H39N3O6S/c1-6-20-32-31(36)27(7-2)33(21-24-13-9-8-12-23(24)3)30(35)22-34(28-14-10-11-15-29(28)40-5)41(37,38)26-18-16-25(39-4)17-19-26/h8-19,27H,6-7,20-22H2,1-5H3,(H,32,36). The zero-order valence-corrected chi connectivity index (χ0v) is 25.1. The molecule has 0 bridgehead atoms. The molecule has 0 fully saturated rings. The summed E-state index contributed by atoms with van der Waals surface area (Å²) in [6, 6.07) is 19.4. The van der Waals surface area contributed by atoms with E-state index in [1.54, 1.807) is 36.4 Å². The van der Waals surface area contributed by atoms with Crippen molar-refractivity contribution < 1.29 is 27.5 Å². The van der Waals surface area contributed by atoms with Gasteiger partial charge in [0.25, 0.3) is 10.0 Å². The first kappa shape index (κ1) is 31.5. The zero-order valence-electron chi connectivity index (χ0n) is 24.3. The van der Waals surface area contributed by atoms with Crippen LogP contribution in [0, 0.1) is 6.92 Å². The fraction of sp³-hybridized carbons (Fsp3) is 0.355. The quantitative estimate of drug-likeness (QED) is 0.300. The van der Waals surface area contributed by atoms with Gasteiger partial charge in [0.05, 0.1) is 24.8 Å². The zero-order chi connectivity index (χ0) is 30.0. The third kappa shape index (κ3) is 7.58. The molecule has 1 atom stereocenters. The lowest BCUT2D eigenvalue weighted by Crippen LogP contribution is -2.52. The Balaban J connectivity index is 2.10. The van der Waals surface area contributed by atoms with E-state index in [9.17, 15) is 18.0 Å². The Labute approximate surface area is 243 Å². The van der Waals surface area contributed by atoms with Gasteiger partial charge in [0.1, 0.15) is 24.1 Å². The van der Waals surface area contributed by atoms with Crippen LogP contribution in [0.3, 0.4) is 0 Å². The summed E-state index contributed by atoms with van der Waals surface area (Å²) >= 11 is 0. The summed E-state index contributed by atoms with van der Waals surface area (Å²) in [5, 5.41) is 2.89. The van der Waals surface area contributed by atoms with E-state index in [1.165, 1.54) is 31.3 Å². The van der Waals surface area contributed by atoms with Crippen LogP contribution in [0.1, 0.15) is 37.8 Å². The molecule has 2 amide bonds. The van der Waals surface area contributed by atoms with Gasteiger partial charge in [0.15, 0.2) is 0 Å². The number of para-hydroxylation sites is 2. The summed E-state index contributed by atoms with van der Waals surface area (Å²) in [7, 11) is -1.31. The normalized spacial score (nSPS) is 11.8. The van der Waals surface area contributed by atoms with E-state index < -0.39 is 28.5 Å². The molecule has 0 aliphatic rings. The molecule has 0 heterocycles. The fourth-order valence-corrected chi connectivity index (χ4v) is 5.91. The van der Waals surface area contributed by atoms with Crippen LogP contribution in [0.25, 0.3) is 0 Å². The minimum absolute atomic E-state index is 0.0183. The molecule has 1 N–H and O–H groups in total. The number of benzene rings is 3. The highest BCUT2D eigenvalue weighted by atomic mass is 32.2. The van der Waals surface area contributed by atoms with Gasteiger partial charge in [-0.25, -0.2) is 8.42 Å². The number of aryl methyl sites for hydroxylation is 1. The van der Waals surface area contributed by atoms with Crippen LogP contribution in [0.4, 0.5) is 5.69 Å². The molecule has 9 nitrogen and oxygen atoms in total. The molecule has 0 spiro atoms. The van der Waals surface area contributed by atoms with Gasteiger partial charge in [-0.05, 0) is 67.3 Å². The average Bonchev–Trinajstić information content (AvgIpc) is 2.99. The number of amides is 2. The smallest absolute Gasteiger partial charge is 0.264 e. The van der Waals surface area contributed by atoms with Gasteiger partial charge in [-0.15, -0.1) is 0 Å². The summed E-state index contributed by atoms with van der Waals surface area (Å²) in [6.07, 6.45) is 1.10. The van der Waals surface area contributed by atoms with Gasteiger partial charge in [-0.3, -0.25) is 13.9 Å². The summed E-state index contributed by atoms with van der Waals surface area (Å²) < 4.78 is 39.8. The summed E-state index contributed by atoms with van der Waals surface area (Å²) in [4.78, 5) is 28.9. The topological polar surface area (TPSA) is 105 Å². The van der Waals surface area contributed by atoms with Gasteiger partial charge < -0.3 is 19.7 Å². The van der Waals surface area contributed by atoms with E-state index in [4.69, 9.17) is 9.47 Å². The van der Waals surface area contributed by atoms with Crippen molar-refractivity contribution in [2.24, 2.45) is 0 Å². The first-order valence-electron chi connectivity index (χ1n) is 13.6. The second-order valence-electron chi connectivity index (χ2n) is 9.52. The number of sulfonamides is 1. The SMILES string of the molecule is CCCNC(=O)C(CC)N(Cc1ccccc1C)C(=O)CN(c1ccccc1OC)S(=O)(=O)c1ccc(OC)cc1. The number of rotatable bonds is 14. The van der Waals surface area contributed by atoms with E-state index in [1.807, 2.05) is 45.0 Å². The predicted octanol–water partition coefficient (Wildman–Crippen LogP) is 4.54. The second kappa shape index (κ2) is 14.5. The summed E-state index contributed by atoms with van der Waals surface area (Å²) in [5.74, 6) is -0.0133. The molecular weight excluding hydrogens is 542 g/mol. The van der Waals surface area contributed by atoms with Crippen molar-refractivity contribution in [1.82, 2.24) is 10.2 Å². The molecule has 220 valence electrons. The van der Waals surface area contributed by atoms with E-state index in [-0.39, 0.29) is 28.8 Å². The van der Waals surface area contributed by atoms with Crippen molar-refractivity contribution >= 4 is 27.5 Å². The lowest BCUT2D eigenvalue weighted by molar-refractivity contribution is -0.140. The molecular formula is C31H39N3O6S. The highest BCUT2D eigenvalue weighted by molar-refractivity contribution is 7.92. The molecule has 1 unspecified atom stereocenters. The van der Waals surface area contributed by atoms with Crippen LogP contribution in [-0.2, 0) is 26.2 Å². The molecule has 0 radical (unpaired) electrons. The molecule has 41 heavy (non-hydrogen) atoms. The number of ether oxygens (including phenoxy) is 2. The van der Waals surface area contributed by atoms with Crippen LogP contribution < -0.4 is 19.1 Å². The number of carbonyl (C=O) groups excluding carboxylic acids is 2. The molecule has 3 aromatic rings. The summed E-state index contributed by atoms with van der Waals surface area (Å²) in [5.41, 5.74) is 2.03. The van der Waals surface area contributed by atoms with Crippen LogP contribution in [0.15, 0.2) is 77.7 Å². The van der Waals surface area contributed by atoms with Crippen molar-refractivity contribution in [2.45, 2.75) is 51.1 Å². The predicted molar refractivity (Wildman–Crippen MR) is 160 cm³/mol. The average molecular weight is 582 g/mol. The minimum Gasteiger partial charge on any atom is -0.497 e. The number of nitrogens with zero attached hydrogens (tertiary/aromatic N) is 2. The maximum atomic E-state index is 14.2. The number of hydrogen-bond donors (Lipinski definition) is 1. The Morgan fingerprint density at radius 1 is 0.902 bits per heavy atom. The van der Waals surface area contributed by atoms with Crippen molar-refractivity contribution in [3.63, 3.8) is 0 Å². The maximum absolute atomic E-state index is 14.2. The Morgan fingerprint density at radius 2 is 1.56 bits per heavy atom. The Morgan fingerprint density at radius 3 is 2.17 bits per heavy atom. The fourth-order valence-electron chi connectivity index (χ4n) is 4.48. The van der Waals surface area contributed by atoms with E-state index >= 15 is 0 Å². The van der Waals surface area contributed by atoms with E-state index in [0.29, 0.717) is 18.7 Å². The molecule has 0 aliphatic carbocycles. The van der Waals surface area contributed by atoms with E-state index in [2.05, 4.69) is 5.32 Å². The number of nitrogens with one attached hydrogen (secondary N) is 1. The van der Waals surface area contributed by atoms with Crippen LogP contribution in [0.2, 0.25) is 0 Å². The Bertz CT molecular complexity index is 1430. The van der Waals surface area contributed by atoms with Gasteiger partial charge >= 0.3 is 0 Å². The highest BCUT2D eigenvalue weighted by Crippen LogP contribution is 2.33. The van der Waals surface area contributed by atoms with Gasteiger partial charge in [-0.1, -0.05) is 50.2 Å². The highest BCUT2D eigenvalue weighted by Gasteiger charge is 2.34. The molecule has 0 aromatic heterocycles. The first-order chi connectivity index (χ1) is 19.7. The molecule has 10 heteroatoms. The van der Waals surface area contributed by atoms with Crippen molar-refractivity contribution in [1.29, 1.82) is 0 Å². The van der Waals surface area contributed by atoms with Gasteiger partial charge in [0, 0.05) is 13.1 Å². The molecule has 0 aliphatic heterocycles. The van der Waals surface area contributed by atoms with Crippen molar-refractivity contribution in [3.8, 4) is 11.5 Å². The lowest BCUT2D eigenvalue weighted by Gasteiger charge is -2.33. The lowest BCUT2D eigenvalue weighted by atomic mass is 10.1.